The number of hydrogen-bond donors (Lipinski definition) is 8. The lowest BCUT2D eigenvalue weighted by atomic mass is 10.00. The maximum absolute atomic E-state index is 13.5. The van der Waals surface area contributed by atoms with Gasteiger partial charge in [0, 0.05) is 13.0 Å². The van der Waals surface area contributed by atoms with Gasteiger partial charge in [-0.3, -0.25) is 33.8 Å². The van der Waals surface area contributed by atoms with Gasteiger partial charge in [0.25, 0.3) is 0 Å². The highest BCUT2D eigenvalue weighted by Crippen LogP contribution is 2.10. The first-order chi connectivity index (χ1) is 19.8. The zero-order valence-corrected chi connectivity index (χ0v) is 23.9. The van der Waals surface area contributed by atoms with E-state index in [-0.39, 0.29) is 25.3 Å². The van der Waals surface area contributed by atoms with E-state index in [0.717, 1.165) is 0 Å². The zero-order valence-electron chi connectivity index (χ0n) is 23.9. The van der Waals surface area contributed by atoms with Crippen molar-refractivity contribution >= 4 is 41.5 Å². The van der Waals surface area contributed by atoms with Gasteiger partial charge in [0.1, 0.15) is 30.2 Å². The van der Waals surface area contributed by atoms with Crippen molar-refractivity contribution in [3.8, 4) is 0 Å². The lowest BCUT2D eigenvalue weighted by Gasteiger charge is -2.27. The van der Waals surface area contributed by atoms with Crippen molar-refractivity contribution < 1.29 is 33.9 Å². The Kier molecular flexibility index (Phi) is 12.7. The molecule has 5 amide bonds. The molecule has 5 unspecified atom stereocenters. The SMILES string of the molecule is CC1NC(=O)C(CCCN=C(N)N)NC(=O)C(C(C)C)NC(=O)C(Cc2ccccc2)NC(=O)C(CC(=O)O)NC1=O. The molecule has 0 aromatic heterocycles. The normalized spacial score (nSPS) is 24.2. The number of aliphatic carboxylic acids is 1. The number of nitrogens with two attached hydrogens (primary N) is 2. The Bertz CT molecular complexity index is 1170. The van der Waals surface area contributed by atoms with Crippen molar-refractivity contribution in [3.05, 3.63) is 35.9 Å². The molecule has 1 saturated heterocycles. The van der Waals surface area contributed by atoms with Crippen LogP contribution in [0.5, 0.6) is 0 Å². The molecule has 10 N–H and O–H groups in total. The van der Waals surface area contributed by atoms with Crippen LogP contribution in [-0.4, -0.2) is 83.3 Å². The second-order valence-corrected chi connectivity index (χ2v) is 10.4. The van der Waals surface area contributed by atoms with Crippen LogP contribution in [0.15, 0.2) is 35.3 Å². The molecule has 1 heterocycles. The lowest BCUT2D eigenvalue weighted by molar-refractivity contribution is -0.141. The number of carbonyl (C=O) groups excluding carboxylic acids is 5. The summed E-state index contributed by atoms with van der Waals surface area (Å²) in [6.07, 6.45) is -0.365. The number of carboxylic acid groups (broad SMARTS) is 1. The molecule has 1 aromatic carbocycles. The van der Waals surface area contributed by atoms with E-state index < -0.39 is 78.1 Å². The van der Waals surface area contributed by atoms with Crippen LogP contribution in [-0.2, 0) is 35.2 Å². The third kappa shape index (κ3) is 10.7. The topological polar surface area (TPSA) is 247 Å². The van der Waals surface area contributed by atoms with Crippen LogP contribution in [0.4, 0.5) is 0 Å². The highest BCUT2D eigenvalue weighted by atomic mass is 16.4. The zero-order chi connectivity index (χ0) is 31.4. The number of carbonyl (C=O) groups is 6. The molecule has 15 nitrogen and oxygen atoms in total. The minimum absolute atomic E-state index is 0.0163. The van der Waals surface area contributed by atoms with E-state index in [1.54, 1.807) is 44.2 Å². The summed E-state index contributed by atoms with van der Waals surface area (Å²) >= 11 is 0. The molecule has 1 aliphatic heterocycles. The highest BCUT2D eigenvalue weighted by Gasteiger charge is 2.35. The molecule has 15 heteroatoms. The van der Waals surface area contributed by atoms with E-state index in [1.165, 1.54) is 6.92 Å². The van der Waals surface area contributed by atoms with Crippen LogP contribution in [0.3, 0.4) is 0 Å². The number of aliphatic imine (C=N–C) groups is 1. The summed E-state index contributed by atoms with van der Waals surface area (Å²) in [5, 5.41) is 22.0. The summed E-state index contributed by atoms with van der Waals surface area (Å²) in [6, 6.07) is 2.55. The van der Waals surface area contributed by atoms with Crippen LogP contribution in [0.2, 0.25) is 0 Å². The minimum atomic E-state index is -1.55. The lowest BCUT2D eigenvalue weighted by Crippen LogP contribution is -2.59. The maximum Gasteiger partial charge on any atom is 0.305 e. The van der Waals surface area contributed by atoms with Crippen molar-refractivity contribution in [2.75, 3.05) is 6.54 Å². The smallest absolute Gasteiger partial charge is 0.305 e. The average molecular weight is 589 g/mol. The Balaban J connectivity index is 2.48. The summed E-state index contributed by atoms with van der Waals surface area (Å²) in [6.45, 7) is 4.92. The molecule has 0 aliphatic carbocycles. The molecule has 0 saturated carbocycles. The van der Waals surface area contributed by atoms with Gasteiger partial charge in [-0.25, -0.2) is 0 Å². The van der Waals surface area contributed by atoms with Gasteiger partial charge in [-0.05, 0) is 31.2 Å². The number of amides is 5. The third-order valence-electron chi connectivity index (χ3n) is 6.50. The third-order valence-corrected chi connectivity index (χ3v) is 6.50. The van der Waals surface area contributed by atoms with Crippen molar-refractivity contribution in [1.82, 2.24) is 26.6 Å². The molecule has 0 bridgehead atoms. The van der Waals surface area contributed by atoms with Crippen molar-refractivity contribution in [2.24, 2.45) is 22.4 Å². The molecular weight excluding hydrogens is 548 g/mol. The number of benzene rings is 1. The molecular formula is C27H40N8O7. The van der Waals surface area contributed by atoms with Gasteiger partial charge in [0.05, 0.1) is 6.42 Å². The monoisotopic (exact) mass is 588 g/mol. The van der Waals surface area contributed by atoms with Crippen molar-refractivity contribution in [3.63, 3.8) is 0 Å². The predicted octanol–water partition coefficient (Wildman–Crippen LogP) is -2.13. The Labute approximate surface area is 243 Å². The standard InChI is InChI=1S/C27H40N8O7/c1-14(2)21-26(42)32-17(10-7-11-30-27(28)29)23(39)31-15(3)22(38)33-19(13-20(36)37)24(40)34-18(25(41)35-21)12-16-8-5-4-6-9-16/h4-6,8-9,14-15,17-19,21H,7,10-13H2,1-3H3,(H,31,39)(H,32,42)(H,33,38)(H,34,40)(H,35,41)(H,36,37)(H4,28,29,30). The van der Waals surface area contributed by atoms with E-state index >= 15 is 0 Å². The molecule has 5 atom stereocenters. The van der Waals surface area contributed by atoms with Gasteiger partial charge in [0.2, 0.25) is 29.5 Å². The van der Waals surface area contributed by atoms with Gasteiger partial charge in [-0.15, -0.1) is 0 Å². The molecule has 230 valence electrons. The van der Waals surface area contributed by atoms with E-state index in [1.807, 2.05) is 0 Å². The summed E-state index contributed by atoms with van der Waals surface area (Å²) in [5.74, 6) is -5.76. The first-order valence-corrected chi connectivity index (χ1v) is 13.6. The average Bonchev–Trinajstić information content (AvgIpc) is 2.91. The summed E-state index contributed by atoms with van der Waals surface area (Å²) in [5.41, 5.74) is 11.4. The fourth-order valence-corrected chi connectivity index (χ4v) is 4.21. The highest BCUT2D eigenvalue weighted by molar-refractivity contribution is 5.98. The van der Waals surface area contributed by atoms with E-state index in [0.29, 0.717) is 12.0 Å². The van der Waals surface area contributed by atoms with Gasteiger partial charge >= 0.3 is 5.97 Å². The summed E-state index contributed by atoms with van der Waals surface area (Å²) in [4.78, 5) is 81.5. The fraction of sp³-hybridized carbons (Fsp3) is 0.519. The molecule has 0 radical (unpaired) electrons. The molecule has 1 aliphatic rings. The predicted molar refractivity (Wildman–Crippen MR) is 152 cm³/mol. The second kappa shape index (κ2) is 15.9. The quantitative estimate of drug-likeness (QED) is 0.0890. The molecule has 1 aromatic rings. The van der Waals surface area contributed by atoms with Crippen LogP contribution in [0.1, 0.15) is 45.6 Å². The molecule has 1 fully saturated rings. The van der Waals surface area contributed by atoms with E-state index in [2.05, 4.69) is 31.6 Å². The molecule has 0 spiro atoms. The van der Waals surface area contributed by atoms with Crippen LogP contribution in [0, 0.1) is 5.92 Å². The number of rotatable bonds is 9. The van der Waals surface area contributed by atoms with Gasteiger partial charge in [0.15, 0.2) is 5.96 Å². The van der Waals surface area contributed by atoms with Crippen LogP contribution >= 0.6 is 0 Å². The van der Waals surface area contributed by atoms with Crippen LogP contribution < -0.4 is 38.1 Å². The Hall–Kier alpha value is -4.69. The number of carboxylic acids is 1. The first kappa shape index (κ1) is 33.5. The van der Waals surface area contributed by atoms with Crippen molar-refractivity contribution in [1.29, 1.82) is 0 Å². The number of hydrogen-bond acceptors (Lipinski definition) is 7. The van der Waals surface area contributed by atoms with E-state index in [9.17, 15) is 33.9 Å². The Morgan fingerprint density at radius 1 is 0.833 bits per heavy atom. The summed E-state index contributed by atoms with van der Waals surface area (Å²) in [7, 11) is 0. The number of nitrogens with one attached hydrogen (secondary N) is 5. The molecule has 42 heavy (non-hydrogen) atoms. The Morgan fingerprint density at radius 2 is 1.40 bits per heavy atom. The second-order valence-electron chi connectivity index (χ2n) is 10.4. The van der Waals surface area contributed by atoms with Crippen molar-refractivity contribution in [2.45, 2.75) is 76.7 Å². The Morgan fingerprint density at radius 3 is 2.00 bits per heavy atom. The number of guanidine groups is 1. The maximum atomic E-state index is 13.5. The van der Waals surface area contributed by atoms with Crippen LogP contribution in [0.25, 0.3) is 0 Å². The summed E-state index contributed by atoms with van der Waals surface area (Å²) < 4.78 is 0. The van der Waals surface area contributed by atoms with Gasteiger partial charge < -0.3 is 43.2 Å². The largest absolute Gasteiger partial charge is 0.481 e. The number of nitrogens with zero attached hydrogens (tertiary/aromatic N) is 1. The molecule has 2 rings (SSSR count). The first-order valence-electron chi connectivity index (χ1n) is 13.6. The fourth-order valence-electron chi connectivity index (χ4n) is 4.21. The minimum Gasteiger partial charge on any atom is -0.481 e. The van der Waals surface area contributed by atoms with E-state index in [4.69, 9.17) is 11.5 Å². The van der Waals surface area contributed by atoms with Gasteiger partial charge in [-0.1, -0.05) is 44.2 Å². The van der Waals surface area contributed by atoms with Gasteiger partial charge in [-0.2, -0.15) is 0 Å².